The minimum atomic E-state index is -0.833. The average Bonchev–Trinajstić information content (AvgIpc) is 1.25. The average molecular weight is 210 g/mol. The third-order valence-electron chi connectivity index (χ3n) is 0. The number of carboxylic acid groups (broad SMARTS) is 2. The number of hydrogen-bond acceptors (Lipinski definition) is 2. The van der Waals surface area contributed by atoms with Crippen molar-refractivity contribution in [1.82, 2.24) is 0 Å². The van der Waals surface area contributed by atoms with Crippen LogP contribution in [0.4, 0.5) is 0 Å². The van der Waals surface area contributed by atoms with Crippen molar-refractivity contribution in [2.75, 3.05) is 0 Å². The van der Waals surface area contributed by atoms with Gasteiger partial charge in [0.15, 0.2) is 0 Å². The molecule has 0 aromatic carbocycles. The van der Waals surface area contributed by atoms with Crippen LogP contribution >= 0.6 is 0 Å². The summed E-state index contributed by atoms with van der Waals surface area (Å²) in [5, 5.41) is 14.8. The number of hydrogen-bond donors (Lipinski definition) is 2. The molecule has 2 N–H and O–H groups in total. The van der Waals surface area contributed by atoms with Crippen LogP contribution in [0.1, 0.15) is 13.8 Å². The second-order valence-electron chi connectivity index (χ2n) is 1.04. The van der Waals surface area contributed by atoms with E-state index in [1.54, 1.807) is 0 Å². The van der Waals surface area contributed by atoms with Gasteiger partial charge in [0.05, 0.1) is 0 Å². The van der Waals surface area contributed by atoms with Crippen molar-refractivity contribution in [2.24, 2.45) is 0 Å². The van der Waals surface area contributed by atoms with Crippen LogP contribution in [0.3, 0.4) is 0 Å². The Balaban J connectivity index is -0.0000000720. The van der Waals surface area contributed by atoms with Crippen LogP contribution in [0, 0.1) is 0 Å². The van der Waals surface area contributed by atoms with E-state index in [-0.39, 0.29) is 45.5 Å². The van der Waals surface area contributed by atoms with Gasteiger partial charge in [0.2, 0.25) is 0 Å². The third-order valence-corrected chi connectivity index (χ3v) is 0. The van der Waals surface area contributed by atoms with Crippen molar-refractivity contribution >= 4 is 57.4 Å². The van der Waals surface area contributed by atoms with Crippen molar-refractivity contribution in [3.05, 3.63) is 0 Å². The molecular formula is C4H10O4Sr. The Morgan fingerprint density at radius 1 is 1.00 bits per heavy atom. The van der Waals surface area contributed by atoms with Gasteiger partial charge in [-0.1, -0.05) is 0 Å². The summed E-state index contributed by atoms with van der Waals surface area (Å²) in [6, 6.07) is 0. The molecule has 0 spiro atoms. The van der Waals surface area contributed by atoms with Gasteiger partial charge in [0.25, 0.3) is 11.9 Å². The fourth-order valence-corrected chi connectivity index (χ4v) is 0. The van der Waals surface area contributed by atoms with Gasteiger partial charge in [-0.05, 0) is 0 Å². The summed E-state index contributed by atoms with van der Waals surface area (Å²) >= 11 is 0. The number of carbonyl (C=O) groups is 2. The maximum absolute atomic E-state index is 9.00. The molecule has 0 radical (unpaired) electrons. The molecule has 0 bridgehead atoms. The third kappa shape index (κ3) is 1960. The molecule has 0 heterocycles. The van der Waals surface area contributed by atoms with Crippen molar-refractivity contribution < 1.29 is 19.8 Å². The topological polar surface area (TPSA) is 74.6 Å². The molecule has 52 valence electrons. The molecule has 0 unspecified atom stereocenters. The Hall–Kier alpha value is 0.421. The van der Waals surface area contributed by atoms with E-state index in [2.05, 4.69) is 0 Å². The molecule has 0 saturated heterocycles. The van der Waals surface area contributed by atoms with Gasteiger partial charge in [-0.3, -0.25) is 9.59 Å². The fraction of sp³-hybridized carbons (Fsp3) is 0.500. The molecule has 9 heavy (non-hydrogen) atoms. The molecule has 0 aliphatic rings. The van der Waals surface area contributed by atoms with Gasteiger partial charge in [-0.25, -0.2) is 0 Å². The quantitative estimate of drug-likeness (QED) is 0.516. The van der Waals surface area contributed by atoms with Crippen LogP contribution in [0.2, 0.25) is 0 Å². The fourth-order valence-electron chi connectivity index (χ4n) is 0. The first-order valence-corrected chi connectivity index (χ1v) is 1.86. The normalized spacial score (nSPS) is 5.56. The predicted octanol–water partition coefficient (Wildman–Crippen LogP) is -0.734. The van der Waals surface area contributed by atoms with E-state index in [1.807, 2.05) is 0 Å². The van der Waals surface area contributed by atoms with E-state index in [9.17, 15) is 0 Å². The summed E-state index contributed by atoms with van der Waals surface area (Å²) in [6.07, 6.45) is 0. The van der Waals surface area contributed by atoms with Crippen LogP contribution in [0.5, 0.6) is 0 Å². The predicted molar refractivity (Wildman–Crippen MR) is 35.2 cm³/mol. The molecule has 0 amide bonds. The van der Waals surface area contributed by atoms with Crippen molar-refractivity contribution in [1.29, 1.82) is 0 Å². The van der Waals surface area contributed by atoms with Crippen molar-refractivity contribution in [2.45, 2.75) is 13.8 Å². The second kappa shape index (κ2) is 11.2. The van der Waals surface area contributed by atoms with Crippen LogP contribution in [0.25, 0.3) is 0 Å². The number of rotatable bonds is 0. The summed E-state index contributed by atoms with van der Waals surface area (Å²) < 4.78 is 0. The first kappa shape index (κ1) is 16.2. The summed E-state index contributed by atoms with van der Waals surface area (Å²) in [6.45, 7) is 2.17. The monoisotopic (exact) mass is 210 g/mol. The SMILES string of the molecule is CC(=O)O.CC(=O)O.[SrH2]. The summed E-state index contributed by atoms with van der Waals surface area (Å²) in [5.74, 6) is -1.67. The number of aliphatic carboxylic acids is 2. The molecular weight excluding hydrogens is 200 g/mol. The van der Waals surface area contributed by atoms with Crippen LogP contribution in [0.15, 0.2) is 0 Å². The molecule has 0 aliphatic heterocycles. The second-order valence-corrected chi connectivity index (χ2v) is 1.04. The summed E-state index contributed by atoms with van der Waals surface area (Å²) in [4.78, 5) is 18.0. The minimum absolute atomic E-state index is 0. The number of carboxylic acids is 2. The van der Waals surface area contributed by atoms with E-state index in [1.165, 1.54) is 0 Å². The molecule has 0 rings (SSSR count). The molecule has 0 aromatic heterocycles. The van der Waals surface area contributed by atoms with Gasteiger partial charge < -0.3 is 10.2 Å². The zero-order chi connectivity index (χ0) is 7.15. The van der Waals surface area contributed by atoms with Gasteiger partial charge in [-0.2, -0.15) is 0 Å². The van der Waals surface area contributed by atoms with E-state index in [0.29, 0.717) is 0 Å². The van der Waals surface area contributed by atoms with Crippen molar-refractivity contribution in [3.63, 3.8) is 0 Å². The Labute approximate surface area is 90.1 Å². The zero-order valence-electron chi connectivity index (χ0n) is 4.71. The van der Waals surface area contributed by atoms with Gasteiger partial charge in [0.1, 0.15) is 0 Å². The molecule has 5 heteroatoms. The Kier molecular flexibility index (Phi) is 20.3. The van der Waals surface area contributed by atoms with Gasteiger partial charge in [0, 0.05) is 13.8 Å². The van der Waals surface area contributed by atoms with Crippen LogP contribution in [-0.4, -0.2) is 67.6 Å². The first-order valence-electron chi connectivity index (χ1n) is 1.86. The summed E-state index contributed by atoms with van der Waals surface area (Å²) in [5.41, 5.74) is 0. The van der Waals surface area contributed by atoms with Gasteiger partial charge in [-0.15, -0.1) is 0 Å². The van der Waals surface area contributed by atoms with E-state index < -0.39 is 11.9 Å². The molecule has 0 atom stereocenters. The Morgan fingerprint density at radius 2 is 1.00 bits per heavy atom. The molecule has 0 saturated carbocycles. The molecule has 0 fully saturated rings. The Morgan fingerprint density at radius 3 is 1.00 bits per heavy atom. The first-order chi connectivity index (χ1) is 3.46. The molecule has 0 aromatic rings. The van der Waals surface area contributed by atoms with Crippen LogP contribution in [-0.2, 0) is 9.59 Å². The molecule has 0 aliphatic carbocycles. The van der Waals surface area contributed by atoms with E-state index in [4.69, 9.17) is 19.8 Å². The van der Waals surface area contributed by atoms with Crippen molar-refractivity contribution in [3.8, 4) is 0 Å². The molecule has 4 nitrogen and oxygen atoms in total. The Bertz CT molecular complexity index is 70.6. The summed E-state index contributed by atoms with van der Waals surface area (Å²) in [7, 11) is 0. The maximum atomic E-state index is 9.00. The van der Waals surface area contributed by atoms with Gasteiger partial charge >= 0.3 is 45.5 Å². The van der Waals surface area contributed by atoms with E-state index >= 15 is 0 Å². The zero-order valence-corrected chi connectivity index (χ0v) is 4.71. The van der Waals surface area contributed by atoms with E-state index in [0.717, 1.165) is 13.8 Å². The standard InChI is InChI=1S/2C2H4O2.Sr.2H/c2*1-2(3)4;;;/h2*1H3,(H,3,4);;;. The van der Waals surface area contributed by atoms with Crippen LogP contribution < -0.4 is 0 Å².